The molecule has 3 N–H and O–H groups in total. The summed E-state index contributed by atoms with van der Waals surface area (Å²) in [6.07, 6.45) is -3.18. The van der Waals surface area contributed by atoms with Crippen molar-refractivity contribution in [3.8, 4) is 5.75 Å². The molecule has 0 fully saturated rings. The highest BCUT2D eigenvalue weighted by Gasteiger charge is 2.32. The Hall–Kier alpha value is -2.31. The molecule has 0 atom stereocenters. The van der Waals surface area contributed by atoms with Gasteiger partial charge in [-0.1, -0.05) is 6.08 Å². The normalized spacial score (nSPS) is 11.6. The monoisotopic (exact) mass is 272 g/mol. The molecule has 0 saturated carbocycles. The molecule has 0 unspecified atom stereocenters. The van der Waals surface area contributed by atoms with Crippen molar-refractivity contribution in [3.63, 3.8) is 0 Å². The van der Waals surface area contributed by atoms with E-state index in [4.69, 9.17) is 10.8 Å². The lowest BCUT2D eigenvalue weighted by Gasteiger charge is -2.08. The van der Waals surface area contributed by atoms with Gasteiger partial charge in [-0.05, 0) is 29.8 Å². The molecular formula is C12H11F3N2O2. The number of nitrogens with one attached hydrogen (secondary N) is 2. The van der Waals surface area contributed by atoms with Gasteiger partial charge in [-0.15, -0.1) is 0 Å². The largest absolute Gasteiger partial charge is 0.508 e. The minimum absolute atomic E-state index is 0.154. The first kappa shape index (κ1) is 14.7. The van der Waals surface area contributed by atoms with Gasteiger partial charge < -0.3 is 9.84 Å². The van der Waals surface area contributed by atoms with Crippen molar-refractivity contribution in [2.24, 2.45) is 0 Å². The van der Waals surface area contributed by atoms with Crippen LogP contribution >= 0.6 is 0 Å². The van der Waals surface area contributed by atoms with E-state index < -0.39 is 11.9 Å². The third-order valence-corrected chi connectivity index (χ3v) is 2.22. The number of hydrogen-bond acceptors (Lipinski definition) is 4. The summed E-state index contributed by atoms with van der Waals surface area (Å²) in [7, 11) is 1.25. The quantitative estimate of drug-likeness (QED) is 0.584. The van der Waals surface area contributed by atoms with Crippen molar-refractivity contribution in [2.45, 2.75) is 6.18 Å². The zero-order chi connectivity index (χ0) is 14.6. The Bertz CT molecular complexity index is 536. The molecule has 7 heteroatoms. The van der Waals surface area contributed by atoms with E-state index in [0.29, 0.717) is 6.08 Å². The molecule has 0 aromatic heterocycles. The summed E-state index contributed by atoms with van der Waals surface area (Å²) in [6, 6.07) is 3.82. The SMILES string of the molecule is COC(=N)c1ccc(O)cc1/C=C\C(=N)C(F)(F)F. The third kappa shape index (κ3) is 3.84. The number of rotatable bonds is 3. The van der Waals surface area contributed by atoms with E-state index >= 15 is 0 Å². The predicted molar refractivity (Wildman–Crippen MR) is 64.8 cm³/mol. The van der Waals surface area contributed by atoms with E-state index in [9.17, 15) is 18.3 Å². The smallest absolute Gasteiger partial charge is 0.432 e. The van der Waals surface area contributed by atoms with Crippen molar-refractivity contribution < 1.29 is 23.0 Å². The number of allylic oxidation sites excluding steroid dienone is 1. The second-order valence-corrected chi connectivity index (χ2v) is 3.55. The van der Waals surface area contributed by atoms with Crippen LogP contribution in [0.25, 0.3) is 6.08 Å². The first-order chi connectivity index (χ1) is 8.75. The minimum Gasteiger partial charge on any atom is -0.508 e. The summed E-state index contributed by atoms with van der Waals surface area (Å²) in [5.41, 5.74) is -1.15. The number of phenolic OH excluding ortho intramolecular Hbond substituents is 1. The molecule has 0 radical (unpaired) electrons. The highest BCUT2D eigenvalue weighted by atomic mass is 19.4. The van der Waals surface area contributed by atoms with Crippen LogP contribution in [0.1, 0.15) is 11.1 Å². The molecule has 102 valence electrons. The molecule has 1 rings (SSSR count). The van der Waals surface area contributed by atoms with Gasteiger partial charge in [0.1, 0.15) is 11.5 Å². The van der Waals surface area contributed by atoms with Crippen LogP contribution in [0.4, 0.5) is 13.2 Å². The van der Waals surface area contributed by atoms with Gasteiger partial charge in [-0.2, -0.15) is 13.2 Å². The Morgan fingerprint density at radius 2 is 1.95 bits per heavy atom. The van der Waals surface area contributed by atoms with Gasteiger partial charge in [-0.25, -0.2) is 0 Å². The fourth-order valence-corrected chi connectivity index (χ4v) is 1.27. The van der Waals surface area contributed by atoms with Crippen molar-refractivity contribution in [2.75, 3.05) is 7.11 Å². The van der Waals surface area contributed by atoms with E-state index in [1.54, 1.807) is 0 Å². The van der Waals surface area contributed by atoms with Gasteiger partial charge >= 0.3 is 6.18 Å². The summed E-state index contributed by atoms with van der Waals surface area (Å²) < 4.78 is 41.2. The lowest BCUT2D eigenvalue weighted by molar-refractivity contribution is -0.0583. The third-order valence-electron chi connectivity index (χ3n) is 2.22. The Morgan fingerprint density at radius 3 is 2.47 bits per heavy atom. The lowest BCUT2D eigenvalue weighted by Crippen LogP contribution is -2.19. The van der Waals surface area contributed by atoms with Crippen LogP contribution in [0.3, 0.4) is 0 Å². The van der Waals surface area contributed by atoms with Gasteiger partial charge in [0.25, 0.3) is 0 Å². The topological polar surface area (TPSA) is 77.2 Å². The molecule has 0 amide bonds. The molecule has 0 aliphatic heterocycles. The molecule has 0 aliphatic rings. The number of hydrogen-bond donors (Lipinski definition) is 3. The molecule has 1 aromatic rings. The molecule has 0 heterocycles. The minimum atomic E-state index is -4.73. The predicted octanol–water partition coefficient (Wildman–Crippen LogP) is 2.96. The highest BCUT2D eigenvalue weighted by Crippen LogP contribution is 2.21. The maximum Gasteiger partial charge on any atom is 0.432 e. The van der Waals surface area contributed by atoms with Crippen LogP contribution in [-0.2, 0) is 4.74 Å². The molecule has 0 spiro atoms. The second-order valence-electron chi connectivity index (χ2n) is 3.55. The lowest BCUT2D eigenvalue weighted by atomic mass is 10.1. The summed E-state index contributed by atoms with van der Waals surface area (Å²) in [4.78, 5) is 0. The summed E-state index contributed by atoms with van der Waals surface area (Å²) >= 11 is 0. The number of phenols is 1. The van der Waals surface area contributed by atoms with Crippen LogP contribution < -0.4 is 0 Å². The number of alkyl halides is 3. The fourth-order valence-electron chi connectivity index (χ4n) is 1.27. The van der Waals surface area contributed by atoms with E-state index in [0.717, 1.165) is 6.08 Å². The average Bonchev–Trinajstić information content (AvgIpc) is 2.33. The number of halogens is 3. The van der Waals surface area contributed by atoms with Crippen molar-refractivity contribution in [1.82, 2.24) is 0 Å². The maximum atomic E-state index is 12.2. The van der Waals surface area contributed by atoms with E-state index in [1.165, 1.54) is 25.3 Å². The first-order valence-electron chi connectivity index (χ1n) is 5.05. The van der Waals surface area contributed by atoms with Gasteiger partial charge in [0.15, 0.2) is 0 Å². The molecular weight excluding hydrogens is 261 g/mol. The van der Waals surface area contributed by atoms with Gasteiger partial charge in [0.2, 0.25) is 5.90 Å². The van der Waals surface area contributed by atoms with Crippen LogP contribution in [0.2, 0.25) is 0 Å². The fraction of sp³-hybridized carbons (Fsp3) is 0.167. The summed E-state index contributed by atoms with van der Waals surface area (Å²) in [5.74, 6) is -0.413. The van der Waals surface area contributed by atoms with Gasteiger partial charge in [-0.3, -0.25) is 10.8 Å². The van der Waals surface area contributed by atoms with Crippen LogP contribution in [0.15, 0.2) is 24.3 Å². The molecule has 0 aliphatic carbocycles. The molecule has 4 nitrogen and oxygen atoms in total. The summed E-state index contributed by atoms with van der Waals surface area (Å²) in [6.45, 7) is 0. The van der Waals surface area contributed by atoms with Crippen molar-refractivity contribution in [1.29, 1.82) is 10.8 Å². The molecule has 0 saturated heterocycles. The Labute approximate surface area is 107 Å². The zero-order valence-corrected chi connectivity index (χ0v) is 9.88. The van der Waals surface area contributed by atoms with Crippen LogP contribution in [-0.4, -0.2) is 30.0 Å². The number of aromatic hydroxyl groups is 1. The van der Waals surface area contributed by atoms with E-state index in [2.05, 4.69) is 4.74 Å². The highest BCUT2D eigenvalue weighted by molar-refractivity contribution is 6.02. The van der Waals surface area contributed by atoms with E-state index in [-0.39, 0.29) is 22.8 Å². The average molecular weight is 272 g/mol. The van der Waals surface area contributed by atoms with E-state index in [1.807, 2.05) is 0 Å². The molecule has 19 heavy (non-hydrogen) atoms. The van der Waals surface area contributed by atoms with Crippen molar-refractivity contribution in [3.05, 3.63) is 35.4 Å². The zero-order valence-electron chi connectivity index (χ0n) is 9.88. The van der Waals surface area contributed by atoms with Crippen LogP contribution in [0.5, 0.6) is 5.75 Å². The molecule has 1 aromatic carbocycles. The maximum absolute atomic E-state index is 12.2. The van der Waals surface area contributed by atoms with Crippen molar-refractivity contribution >= 4 is 17.7 Å². The van der Waals surface area contributed by atoms with Gasteiger partial charge in [0.05, 0.1) is 7.11 Å². The Kier molecular flexibility index (Phi) is 4.31. The number of ether oxygens (including phenoxy) is 1. The number of methoxy groups -OCH3 is 1. The first-order valence-corrected chi connectivity index (χ1v) is 5.05. The second kappa shape index (κ2) is 5.55. The Balaban J connectivity index is 3.13. The summed E-state index contributed by atoms with van der Waals surface area (Å²) in [5, 5.41) is 23.6. The standard InChI is InChI=1S/C12H11F3N2O2/c1-19-11(17)9-4-3-8(18)6-7(9)2-5-10(16)12(13,14)15/h2-6,16-18H,1H3/b5-2-,16-10?,17-11?. The van der Waals surface area contributed by atoms with Crippen LogP contribution in [0, 0.1) is 10.8 Å². The molecule has 0 bridgehead atoms. The Morgan fingerprint density at radius 1 is 1.32 bits per heavy atom. The number of benzene rings is 1. The van der Waals surface area contributed by atoms with Gasteiger partial charge in [0, 0.05) is 5.56 Å².